The summed E-state index contributed by atoms with van der Waals surface area (Å²) in [5.41, 5.74) is 4.05. The van der Waals surface area contributed by atoms with Crippen molar-refractivity contribution in [2.24, 2.45) is 0 Å². The van der Waals surface area contributed by atoms with Crippen LogP contribution >= 0.6 is 11.6 Å². The minimum Gasteiger partial charge on any atom is -0.423 e. The van der Waals surface area contributed by atoms with E-state index in [2.05, 4.69) is 10.1 Å². The number of rotatable bonds is 5. The van der Waals surface area contributed by atoms with Gasteiger partial charge in [-0.05, 0) is 50.6 Å². The van der Waals surface area contributed by atoms with Crippen LogP contribution in [-0.2, 0) is 19.5 Å². The highest BCUT2D eigenvalue weighted by Crippen LogP contribution is 2.27. The molecule has 5 nitrogen and oxygen atoms in total. The summed E-state index contributed by atoms with van der Waals surface area (Å²) in [4.78, 5) is 14.1. The molecule has 6 heteroatoms. The Balaban J connectivity index is 1.95. The van der Waals surface area contributed by atoms with Crippen LogP contribution in [0.15, 0.2) is 31.9 Å². The first-order chi connectivity index (χ1) is 11.9. The van der Waals surface area contributed by atoms with E-state index in [0.717, 1.165) is 40.0 Å². The molecule has 0 aliphatic carbocycles. The van der Waals surface area contributed by atoms with Crippen LogP contribution in [0.2, 0.25) is 5.02 Å². The molecule has 0 spiro atoms. The minimum absolute atomic E-state index is 0.349. The van der Waals surface area contributed by atoms with Gasteiger partial charge in [-0.1, -0.05) is 23.7 Å². The number of fused-ring (bicyclic) bond motifs is 1. The lowest BCUT2D eigenvalue weighted by Gasteiger charge is -2.17. The number of aryl methyl sites for hydroxylation is 3. The quantitative estimate of drug-likeness (QED) is 0.637. The van der Waals surface area contributed by atoms with Crippen LogP contribution in [0.5, 0.6) is 0 Å². The number of nitrogens with zero attached hydrogens (tertiary/aromatic N) is 2. The van der Waals surface area contributed by atoms with Crippen molar-refractivity contribution in [2.75, 3.05) is 7.05 Å². The number of aromatic nitrogens is 1. The Morgan fingerprint density at radius 2 is 1.92 bits per heavy atom. The summed E-state index contributed by atoms with van der Waals surface area (Å²) in [6.07, 6.45) is 0.786. The van der Waals surface area contributed by atoms with Crippen molar-refractivity contribution in [2.45, 2.75) is 40.3 Å². The molecule has 0 radical (unpaired) electrons. The predicted octanol–water partition coefficient (Wildman–Crippen LogP) is 4.25. The number of benzene rings is 1. The van der Waals surface area contributed by atoms with Gasteiger partial charge in [0, 0.05) is 35.1 Å². The van der Waals surface area contributed by atoms with Gasteiger partial charge in [-0.25, -0.2) is 4.79 Å². The zero-order valence-corrected chi connectivity index (χ0v) is 15.6. The molecule has 132 valence electrons. The third-order valence-corrected chi connectivity index (χ3v) is 4.78. The van der Waals surface area contributed by atoms with Gasteiger partial charge in [-0.15, -0.1) is 0 Å². The van der Waals surface area contributed by atoms with Gasteiger partial charge in [0.25, 0.3) is 0 Å². The monoisotopic (exact) mass is 360 g/mol. The molecule has 0 atom stereocenters. The highest BCUT2D eigenvalue weighted by atomic mass is 35.5. The normalized spacial score (nSPS) is 11.6. The maximum absolute atomic E-state index is 12.0. The molecule has 1 aromatic carbocycles. The molecular weight excluding hydrogens is 340 g/mol. The first-order valence-corrected chi connectivity index (χ1v) is 8.62. The summed E-state index contributed by atoms with van der Waals surface area (Å²) in [6, 6.07) is 5.28. The predicted molar refractivity (Wildman–Crippen MR) is 98.0 cm³/mol. The van der Waals surface area contributed by atoms with Crippen molar-refractivity contribution in [3.8, 4) is 0 Å². The lowest BCUT2D eigenvalue weighted by atomic mass is 10.1. The molecule has 0 saturated heterocycles. The molecular formula is C19H21ClN2O3. The highest BCUT2D eigenvalue weighted by Gasteiger charge is 2.14. The molecule has 0 aliphatic rings. The van der Waals surface area contributed by atoms with Crippen molar-refractivity contribution >= 4 is 22.6 Å². The largest absolute Gasteiger partial charge is 0.423 e. The Morgan fingerprint density at radius 3 is 2.56 bits per heavy atom. The van der Waals surface area contributed by atoms with Crippen molar-refractivity contribution in [1.82, 2.24) is 10.1 Å². The Labute approximate surface area is 151 Å². The number of hydrogen-bond acceptors (Lipinski definition) is 5. The highest BCUT2D eigenvalue weighted by molar-refractivity contribution is 6.32. The smallest absolute Gasteiger partial charge is 0.336 e. The SMILES string of the molecule is CCc1cc2oc(=O)cc(CN(C)Cc3c(C)noc3C)c2cc1Cl. The fourth-order valence-electron chi connectivity index (χ4n) is 3.03. The van der Waals surface area contributed by atoms with Crippen LogP contribution in [0.25, 0.3) is 11.0 Å². The molecule has 2 aromatic heterocycles. The third-order valence-electron chi connectivity index (χ3n) is 4.43. The molecule has 0 aliphatic heterocycles. The summed E-state index contributed by atoms with van der Waals surface area (Å²) in [5, 5.41) is 5.55. The third kappa shape index (κ3) is 3.62. The van der Waals surface area contributed by atoms with Crippen molar-refractivity contribution < 1.29 is 8.94 Å². The van der Waals surface area contributed by atoms with E-state index in [1.165, 1.54) is 6.07 Å². The maximum atomic E-state index is 12.0. The Bertz CT molecular complexity index is 955. The Kier molecular flexibility index (Phi) is 4.97. The molecule has 0 bridgehead atoms. The van der Waals surface area contributed by atoms with Crippen LogP contribution in [0.1, 0.15) is 35.1 Å². The summed E-state index contributed by atoms with van der Waals surface area (Å²) in [6.45, 7) is 7.13. The van der Waals surface area contributed by atoms with E-state index in [9.17, 15) is 4.79 Å². The number of hydrogen-bond donors (Lipinski definition) is 0. The van der Waals surface area contributed by atoms with E-state index in [0.29, 0.717) is 23.7 Å². The Hall–Kier alpha value is -2.11. The molecule has 0 amide bonds. The van der Waals surface area contributed by atoms with E-state index in [4.69, 9.17) is 20.5 Å². The fourth-order valence-corrected chi connectivity index (χ4v) is 3.33. The molecule has 3 aromatic rings. The molecule has 0 N–H and O–H groups in total. The summed E-state index contributed by atoms with van der Waals surface area (Å²) < 4.78 is 10.6. The molecule has 0 unspecified atom stereocenters. The zero-order chi connectivity index (χ0) is 18.1. The van der Waals surface area contributed by atoms with E-state index in [-0.39, 0.29) is 5.63 Å². The van der Waals surface area contributed by atoms with Gasteiger partial charge in [-0.3, -0.25) is 4.90 Å². The zero-order valence-electron chi connectivity index (χ0n) is 14.9. The second-order valence-electron chi connectivity index (χ2n) is 6.36. The van der Waals surface area contributed by atoms with Crippen LogP contribution in [-0.4, -0.2) is 17.1 Å². The van der Waals surface area contributed by atoms with Crippen LogP contribution < -0.4 is 5.63 Å². The van der Waals surface area contributed by atoms with Gasteiger partial charge in [-0.2, -0.15) is 0 Å². The van der Waals surface area contributed by atoms with Crippen LogP contribution in [0, 0.1) is 13.8 Å². The fraction of sp³-hybridized carbons (Fsp3) is 0.368. The topological polar surface area (TPSA) is 59.5 Å². The average Bonchev–Trinajstić information content (AvgIpc) is 2.86. The second-order valence-corrected chi connectivity index (χ2v) is 6.77. The number of halogens is 1. The van der Waals surface area contributed by atoms with Crippen molar-refractivity contribution in [3.63, 3.8) is 0 Å². The Morgan fingerprint density at radius 1 is 1.16 bits per heavy atom. The van der Waals surface area contributed by atoms with Crippen molar-refractivity contribution in [3.05, 3.63) is 61.8 Å². The lowest BCUT2D eigenvalue weighted by molar-refractivity contribution is 0.315. The van der Waals surface area contributed by atoms with Gasteiger partial charge in [0.05, 0.1) is 5.69 Å². The van der Waals surface area contributed by atoms with E-state index in [1.54, 1.807) is 0 Å². The standard InChI is InChI=1S/C19H21ClN2O3/c1-5-13-6-18-15(8-17(13)20)14(7-19(23)24-18)9-22(4)10-16-11(2)21-25-12(16)3/h6-8H,5,9-10H2,1-4H3. The van der Waals surface area contributed by atoms with Gasteiger partial charge in [0.15, 0.2) is 0 Å². The van der Waals surface area contributed by atoms with Crippen molar-refractivity contribution in [1.29, 1.82) is 0 Å². The van der Waals surface area contributed by atoms with Gasteiger partial charge < -0.3 is 8.94 Å². The summed E-state index contributed by atoms with van der Waals surface area (Å²) in [7, 11) is 1.99. The first-order valence-electron chi connectivity index (χ1n) is 8.24. The van der Waals surface area contributed by atoms with E-state index >= 15 is 0 Å². The molecule has 3 rings (SSSR count). The van der Waals surface area contributed by atoms with Crippen LogP contribution in [0.3, 0.4) is 0 Å². The lowest BCUT2D eigenvalue weighted by Crippen LogP contribution is -2.19. The van der Waals surface area contributed by atoms with E-state index in [1.807, 2.05) is 40.0 Å². The average molecular weight is 361 g/mol. The first kappa shape index (κ1) is 17.7. The molecule has 25 heavy (non-hydrogen) atoms. The molecule has 2 heterocycles. The molecule has 0 fully saturated rings. The molecule has 0 saturated carbocycles. The van der Waals surface area contributed by atoms with E-state index < -0.39 is 0 Å². The van der Waals surface area contributed by atoms with Crippen LogP contribution in [0.4, 0.5) is 0 Å². The van der Waals surface area contributed by atoms with Gasteiger partial charge in [0.1, 0.15) is 11.3 Å². The van der Waals surface area contributed by atoms with Gasteiger partial charge >= 0.3 is 5.63 Å². The second kappa shape index (κ2) is 7.02. The maximum Gasteiger partial charge on any atom is 0.336 e. The van der Waals surface area contributed by atoms with Gasteiger partial charge in [0.2, 0.25) is 0 Å². The minimum atomic E-state index is -0.349. The summed E-state index contributed by atoms with van der Waals surface area (Å²) >= 11 is 6.35. The summed E-state index contributed by atoms with van der Waals surface area (Å²) in [5.74, 6) is 0.817.